The lowest BCUT2D eigenvalue weighted by molar-refractivity contribution is 0.0336. The summed E-state index contributed by atoms with van der Waals surface area (Å²) in [7, 11) is 0. The number of morpholine rings is 1. The largest absolute Gasteiger partial charge is 0.502 e. The van der Waals surface area contributed by atoms with Crippen molar-refractivity contribution in [1.29, 1.82) is 0 Å². The normalized spacial score (nSPS) is 17.9. The van der Waals surface area contributed by atoms with Gasteiger partial charge in [0.2, 0.25) is 5.75 Å². The van der Waals surface area contributed by atoms with Crippen molar-refractivity contribution < 1.29 is 14.6 Å². The molecule has 1 unspecified atom stereocenters. The second-order valence-electron chi connectivity index (χ2n) is 10.0. The summed E-state index contributed by atoms with van der Waals surface area (Å²) in [5.74, 6) is 5.92. The van der Waals surface area contributed by atoms with Crippen LogP contribution >= 0.6 is 0 Å². The van der Waals surface area contributed by atoms with Crippen molar-refractivity contribution in [3.8, 4) is 17.6 Å². The highest BCUT2D eigenvalue weighted by atomic mass is 16.5. The summed E-state index contributed by atoms with van der Waals surface area (Å²) in [6.45, 7) is 8.61. The highest BCUT2D eigenvalue weighted by Gasteiger charge is 2.39. The zero-order valence-electron chi connectivity index (χ0n) is 22.1. The van der Waals surface area contributed by atoms with Gasteiger partial charge in [-0.2, -0.15) is 0 Å². The van der Waals surface area contributed by atoms with Gasteiger partial charge in [-0.1, -0.05) is 24.0 Å². The summed E-state index contributed by atoms with van der Waals surface area (Å²) in [5, 5.41) is 10.1. The van der Waals surface area contributed by atoms with Gasteiger partial charge in [-0.3, -0.25) is 14.7 Å². The number of nitrogens with one attached hydrogen (secondary N) is 1. The number of ether oxygens (including phenoxy) is 1. The van der Waals surface area contributed by atoms with Crippen LogP contribution in [0.2, 0.25) is 0 Å². The minimum atomic E-state index is -0.625. The highest BCUT2D eigenvalue weighted by Crippen LogP contribution is 2.33. The van der Waals surface area contributed by atoms with E-state index in [0.717, 1.165) is 55.2 Å². The Morgan fingerprint density at radius 2 is 1.74 bits per heavy atom. The summed E-state index contributed by atoms with van der Waals surface area (Å²) < 4.78 is 5.40. The number of hydrogen-bond donors (Lipinski definition) is 2. The SMILES string of the molecule is CC(C)N1C(=O)N(Cc2nc[nH]c(=O)c2O)CC1c1ccc(C#Cc2ccc(CN3CCOCC3)nc2)cc1. The Labute approximate surface area is 227 Å². The predicted molar refractivity (Wildman–Crippen MR) is 145 cm³/mol. The molecule has 3 aromatic rings. The fraction of sp³-hybridized carbons (Fsp3) is 0.379. The topological polar surface area (TPSA) is 115 Å². The minimum absolute atomic E-state index is 0.0357. The summed E-state index contributed by atoms with van der Waals surface area (Å²) in [4.78, 5) is 41.6. The van der Waals surface area contributed by atoms with Crippen LogP contribution in [0.4, 0.5) is 4.79 Å². The van der Waals surface area contributed by atoms with E-state index in [9.17, 15) is 14.7 Å². The van der Waals surface area contributed by atoms with Crippen LogP contribution in [0.15, 0.2) is 53.7 Å². The minimum Gasteiger partial charge on any atom is -0.502 e. The van der Waals surface area contributed by atoms with Gasteiger partial charge in [0, 0.05) is 49.5 Å². The average Bonchev–Trinajstić information content (AvgIpc) is 3.27. The molecule has 0 spiro atoms. The molecule has 0 aliphatic carbocycles. The van der Waals surface area contributed by atoms with Crippen molar-refractivity contribution in [3.63, 3.8) is 0 Å². The van der Waals surface area contributed by atoms with Crippen LogP contribution in [0.5, 0.6) is 5.75 Å². The number of urea groups is 1. The molecule has 0 saturated carbocycles. The monoisotopic (exact) mass is 528 g/mol. The van der Waals surface area contributed by atoms with Crippen LogP contribution < -0.4 is 5.56 Å². The number of hydrogen-bond acceptors (Lipinski definition) is 7. The first-order chi connectivity index (χ1) is 18.9. The molecule has 1 atom stereocenters. The lowest BCUT2D eigenvalue weighted by atomic mass is 10.0. The van der Waals surface area contributed by atoms with E-state index in [0.29, 0.717) is 6.54 Å². The van der Waals surface area contributed by atoms with Gasteiger partial charge in [0.15, 0.2) is 0 Å². The molecular weight excluding hydrogens is 496 g/mol. The lowest BCUT2D eigenvalue weighted by Gasteiger charge is -2.27. The molecule has 10 nitrogen and oxygen atoms in total. The van der Waals surface area contributed by atoms with Crippen LogP contribution in [0.1, 0.15) is 48.0 Å². The van der Waals surface area contributed by atoms with Crippen LogP contribution in [0.25, 0.3) is 0 Å². The van der Waals surface area contributed by atoms with Crippen molar-refractivity contribution in [2.24, 2.45) is 0 Å². The van der Waals surface area contributed by atoms with Gasteiger partial charge >= 0.3 is 6.03 Å². The van der Waals surface area contributed by atoms with Crippen molar-refractivity contribution >= 4 is 6.03 Å². The highest BCUT2D eigenvalue weighted by molar-refractivity contribution is 5.78. The summed E-state index contributed by atoms with van der Waals surface area (Å²) in [5.41, 5.74) is 3.27. The third-order valence-corrected chi connectivity index (χ3v) is 6.98. The molecule has 2 saturated heterocycles. The Hall–Kier alpha value is -4.20. The van der Waals surface area contributed by atoms with Crippen LogP contribution in [-0.2, 0) is 17.8 Å². The third kappa shape index (κ3) is 6.11. The van der Waals surface area contributed by atoms with Gasteiger partial charge in [0.05, 0.1) is 37.8 Å². The van der Waals surface area contributed by atoms with Gasteiger partial charge < -0.3 is 24.6 Å². The molecule has 2 aliphatic rings. The smallest absolute Gasteiger partial charge is 0.321 e. The molecule has 0 bridgehead atoms. The Morgan fingerprint density at radius 3 is 2.44 bits per heavy atom. The van der Waals surface area contributed by atoms with Gasteiger partial charge in [-0.05, 0) is 43.7 Å². The summed E-state index contributed by atoms with van der Waals surface area (Å²) in [6, 6.07) is 11.5. The third-order valence-electron chi connectivity index (χ3n) is 6.98. The Morgan fingerprint density at radius 1 is 1.03 bits per heavy atom. The summed E-state index contributed by atoms with van der Waals surface area (Å²) in [6.07, 6.45) is 3.04. The molecule has 2 aromatic heterocycles. The Balaban J connectivity index is 1.26. The molecule has 2 N–H and O–H groups in total. The Bertz CT molecular complexity index is 1420. The first-order valence-corrected chi connectivity index (χ1v) is 13.1. The second kappa shape index (κ2) is 11.7. The van der Waals surface area contributed by atoms with Gasteiger partial charge in [0.25, 0.3) is 5.56 Å². The number of rotatable bonds is 6. The van der Waals surface area contributed by atoms with Crippen molar-refractivity contribution in [2.45, 2.75) is 39.0 Å². The van der Waals surface area contributed by atoms with E-state index in [4.69, 9.17) is 4.74 Å². The predicted octanol–water partition coefficient (Wildman–Crippen LogP) is 2.49. The van der Waals surface area contributed by atoms with E-state index >= 15 is 0 Å². The Kier molecular flexibility index (Phi) is 7.91. The first kappa shape index (κ1) is 26.4. The molecule has 4 heterocycles. The number of pyridine rings is 1. The summed E-state index contributed by atoms with van der Waals surface area (Å²) >= 11 is 0. The van der Waals surface area contributed by atoms with E-state index in [2.05, 4.69) is 31.7 Å². The van der Waals surface area contributed by atoms with E-state index in [-0.39, 0.29) is 30.4 Å². The maximum atomic E-state index is 13.2. The van der Waals surface area contributed by atoms with E-state index < -0.39 is 11.3 Å². The number of aromatic nitrogens is 3. The maximum Gasteiger partial charge on any atom is 0.321 e. The molecule has 2 amide bonds. The fourth-order valence-electron chi connectivity index (χ4n) is 4.89. The zero-order valence-corrected chi connectivity index (χ0v) is 22.1. The fourth-order valence-corrected chi connectivity index (χ4v) is 4.89. The van der Waals surface area contributed by atoms with Crippen molar-refractivity contribution in [1.82, 2.24) is 29.7 Å². The number of carbonyl (C=O) groups is 1. The molecule has 0 radical (unpaired) electrons. The molecular formula is C29H32N6O4. The van der Waals surface area contributed by atoms with E-state index in [1.54, 1.807) is 4.90 Å². The van der Waals surface area contributed by atoms with Crippen LogP contribution in [0, 0.1) is 11.8 Å². The molecule has 39 heavy (non-hydrogen) atoms. The molecule has 202 valence electrons. The number of aromatic amines is 1. The maximum absolute atomic E-state index is 13.2. The van der Waals surface area contributed by atoms with Gasteiger partial charge in [-0.15, -0.1) is 0 Å². The molecule has 5 rings (SSSR count). The first-order valence-electron chi connectivity index (χ1n) is 13.1. The number of carbonyl (C=O) groups excluding carboxylic acids is 1. The molecule has 1 aromatic carbocycles. The number of H-pyrrole nitrogens is 1. The van der Waals surface area contributed by atoms with Crippen LogP contribution in [0.3, 0.4) is 0 Å². The van der Waals surface area contributed by atoms with E-state index in [1.807, 2.05) is 61.3 Å². The number of nitrogens with zero attached hydrogens (tertiary/aromatic N) is 5. The lowest BCUT2D eigenvalue weighted by Crippen LogP contribution is -2.37. The van der Waals surface area contributed by atoms with Gasteiger partial charge in [-0.25, -0.2) is 9.78 Å². The van der Waals surface area contributed by atoms with Crippen molar-refractivity contribution in [3.05, 3.63) is 87.4 Å². The molecule has 10 heteroatoms. The number of aromatic hydroxyl groups is 1. The second-order valence-corrected chi connectivity index (χ2v) is 10.0. The van der Waals surface area contributed by atoms with Gasteiger partial charge in [0.1, 0.15) is 5.69 Å². The number of benzene rings is 1. The average molecular weight is 529 g/mol. The zero-order chi connectivity index (χ0) is 27.4. The van der Waals surface area contributed by atoms with E-state index in [1.165, 1.54) is 6.33 Å². The molecule has 2 fully saturated rings. The van der Waals surface area contributed by atoms with Crippen LogP contribution in [-0.4, -0.2) is 79.7 Å². The standard InChI is InChI=1S/C29H32N6O4/c1-20(2)35-26(18-34(29(35)38)17-25-27(36)28(37)32-19-31-25)23-8-5-21(6-9-23)3-4-22-7-10-24(30-15-22)16-33-11-13-39-14-12-33/h5-10,15,19-20,26,36H,11-14,16-18H2,1-2H3,(H,31,32,37). The van der Waals surface area contributed by atoms with Crippen molar-refractivity contribution in [2.75, 3.05) is 32.8 Å². The quantitative estimate of drug-likeness (QED) is 0.473. The number of amides is 2. The molecule has 2 aliphatic heterocycles.